The van der Waals surface area contributed by atoms with Crippen LogP contribution in [0.1, 0.15) is 59.3 Å². The molecule has 1 N–H and O–H groups in total. The standard InChI is InChI=1S/C16H31NO3/c1-4-11-17-16(3,15(18)20-5-2)10-6-7-12-19-13-14-8-9-14/h14,17H,4-13H2,1-3H3. The number of esters is 1. The molecule has 0 spiro atoms. The highest BCUT2D eigenvalue weighted by molar-refractivity contribution is 5.80. The maximum absolute atomic E-state index is 12.1. The fourth-order valence-corrected chi connectivity index (χ4v) is 2.17. The Bertz CT molecular complexity index is 279. The number of rotatable bonds is 12. The summed E-state index contributed by atoms with van der Waals surface area (Å²) < 4.78 is 10.8. The summed E-state index contributed by atoms with van der Waals surface area (Å²) in [5.74, 6) is 0.693. The van der Waals surface area contributed by atoms with Gasteiger partial charge in [-0.3, -0.25) is 4.79 Å². The van der Waals surface area contributed by atoms with Gasteiger partial charge in [-0.25, -0.2) is 0 Å². The third kappa shape index (κ3) is 6.71. The lowest BCUT2D eigenvalue weighted by molar-refractivity contribution is -0.150. The van der Waals surface area contributed by atoms with Crippen molar-refractivity contribution in [2.24, 2.45) is 5.92 Å². The quantitative estimate of drug-likeness (QED) is 0.442. The second-order valence-electron chi connectivity index (χ2n) is 5.95. The highest BCUT2D eigenvalue weighted by Gasteiger charge is 2.33. The van der Waals surface area contributed by atoms with Crippen molar-refractivity contribution in [3.05, 3.63) is 0 Å². The Morgan fingerprint density at radius 2 is 2.05 bits per heavy atom. The van der Waals surface area contributed by atoms with Crippen LogP contribution in [0.15, 0.2) is 0 Å². The van der Waals surface area contributed by atoms with Gasteiger partial charge in [0, 0.05) is 13.2 Å². The van der Waals surface area contributed by atoms with Gasteiger partial charge < -0.3 is 14.8 Å². The number of hydrogen-bond acceptors (Lipinski definition) is 4. The third-order valence-electron chi connectivity index (χ3n) is 3.76. The van der Waals surface area contributed by atoms with Crippen molar-refractivity contribution < 1.29 is 14.3 Å². The maximum atomic E-state index is 12.1. The molecule has 0 radical (unpaired) electrons. The van der Waals surface area contributed by atoms with Gasteiger partial charge in [-0.15, -0.1) is 0 Å². The van der Waals surface area contributed by atoms with E-state index in [-0.39, 0.29) is 5.97 Å². The highest BCUT2D eigenvalue weighted by Crippen LogP contribution is 2.28. The van der Waals surface area contributed by atoms with Gasteiger partial charge in [0.25, 0.3) is 0 Å². The molecular weight excluding hydrogens is 254 g/mol. The third-order valence-corrected chi connectivity index (χ3v) is 3.76. The van der Waals surface area contributed by atoms with Crippen molar-refractivity contribution in [1.29, 1.82) is 0 Å². The molecule has 4 heteroatoms. The first-order valence-electron chi connectivity index (χ1n) is 8.12. The van der Waals surface area contributed by atoms with Gasteiger partial charge in [0.1, 0.15) is 5.54 Å². The van der Waals surface area contributed by atoms with E-state index in [4.69, 9.17) is 9.47 Å². The zero-order valence-corrected chi connectivity index (χ0v) is 13.4. The minimum absolute atomic E-state index is 0.132. The Balaban J connectivity index is 2.21. The number of carbonyl (C=O) groups excluding carboxylic acids is 1. The summed E-state index contributed by atoms with van der Waals surface area (Å²) in [7, 11) is 0. The van der Waals surface area contributed by atoms with Crippen LogP contribution in [-0.4, -0.2) is 37.9 Å². The van der Waals surface area contributed by atoms with E-state index in [0.717, 1.165) is 51.4 Å². The molecule has 0 saturated heterocycles. The first kappa shape index (κ1) is 17.4. The smallest absolute Gasteiger partial charge is 0.326 e. The van der Waals surface area contributed by atoms with Gasteiger partial charge in [0.05, 0.1) is 6.61 Å². The van der Waals surface area contributed by atoms with E-state index in [1.54, 1.807) is 0 Å². The van der Waals surface area contributed by atoms with Crippen LogP contribution in [0.3, 0.4) is 0 Å². The van der Waals surface area contributed by atoms with Crippen molar-refractivity contribution in [1.82, 2.24) is 5.32 Å². The van der Waals surface area contributed by atoms with Gasteiger partial charge in [0.2, 0.25) is 0 Å². The van der Waals surface area contributed by atoms with Gasteiger partial charge in [0.15, 0.2) is 0 Å². The highest BCUT2D eigenvalue weighted by atomic mass is 16.5. The summed E-state index contributed by atoms with van der Waals surface area (Å²) in [5.41, 5.74) is -0.553. The lowest BCUT2D eigenvalue weighted by Gasteiger charge is -2.28. The zero-order valence-electron chi connectivity index (χ0n) is 13.4. The molecule has 1 fully saturated rings. The monoisotopic (exact) mass is 285 g/mol. The van der Waals surface area contributed by atoms with Crippen LogP contribution in [0.5, 0.6) is 0 Å². The van der Waals surface area contributed by atoms with E-state index < -0.39 is 5.54 Å². The molecule has 1 aliphatic rings. The van der Waals surface area contributed by atoms with E-state index in [1.165, 1.54) is 12.8 Å². The van der Waals surface area contributed by atoms with Crippen LogP contribution in [0, 0.1) is 5.92 Å². The van der Waals surface area contributed by atoms with Crippen LogP contribution in [0.4, 0.5) is 0 Å². The number of ether oxygens (including phenoxy) is 2. The topological polar surface area (TPSA) is 47.6 Å². The fraction of sp³-hybridized carbons (Fsp3) is 0.938. The number of carbonyl (C=O) groups is 1. The van der Waals surface area contributed by atoms with Crippen molar-refractivity contribution >= 4 is 5.97 Å². The molecule has 4 nitrogen and oxygen atoms in total. The molecule has 0 aromatic heterocycles. The van der Waals surface area contributed by atoms with Crippen LogP contribution < -0.4 is 5.32 Å². The van der Waals surface area contributed by atoms with Gasteiger partial charge >= 0.3 is 5.97 Å². The normalized spacial score (nSPS) is 17.8. The molecule has 0 aromatic rings. The molecule has 0 bridgehead atoms. The maximum Gasteiger partial charge on any atom is 0.326 e. The lowest BCUT2D eigenvalue weighted by atomic mass is 9.94. The SMILES string of the molecule is CCCNC(C)(CCCCOCC1CC1)C(=O)OCC. The van der Waals surface area contributed by atoms with Gasteiger partial charge in [-0.2, -0.15) is 0 Å². The Hall–Kier alpha value is -0.610. The average Bonchev–Trinajstić information content (AvgIpc) is 3.25. The summed E-state index contributed by atoms with van der Waals surface area (Å²) in [6.07, 6.45) is 6.48. The Labute approximate surface area is 123 Å². The Morgan fingerprint density at radius 1 is 1.30 bits per heavy atom. The zero-order chi connectivity index (χ0) is 14.8. The van der Waals surface area contributed by atoms with Crippen molar-refractivity contribution in [3.8, 4) is 0 Å². The minimum Gasteiger partial charge on any atom is -0.465 e. The predicted octanol–water partition coefficient (Wildman–Crippen LogP) is 2.90. The molecule has 1 atom stereocenters. The van der Waals surface area contributed by atoms with Crippen molar-refractivity contribution in [3.63, 3.8) is 0 Å². The number of unbranched alkanes of at least 4 members (excludes halogenated alkanes) is 1. The first-order chi connectivity index (χ1) is 9.62. The molecule has 0 aromatic carbocycles. The summed E-state index contributed by atoms with van der Waals surface area (Å²) in [5, 5.41) is 3.33. The molecule has 1 rings (SSSR count). The predicted molar refractivity (Wildman–Crippen MR) is 80.7 cm³/mol. The molecule has 20 heavy (non-hydrogen) atoms. The van der Waals surface area contributed by atoms with E-state index in [1.807, 2.05) is 13.8 Å². The van der Waals surface area contributed by atoms with Gasteiger partial charge in [-0.05, 0) is 64.8 Å². The molecule has 1 unspecified atom stereocenters. The van der Waals surface area contributed by atoms with Crippen LogP contribution in [0.25, 0.3) is 0 Å². The second kappa shape index (κ2) is 9.35. The largest absolute Gasteiger partial charge is 0.465 e. The fourth-order valence-electron chi connectivity index (χ4n) is 2.17. The molecule has 0 heterocycles. The molecule has 118 valence electrons. The Morgan fingerprint density at radius 3 is 2.65 bits per heavy atom. The molecule has 0 aliphatic heterocycles. The molecule has 0 amide bonds. The summed E-state index contributed by atoms with van der Waals surface area (Å²) in [6.45, 7) is 8.91. The van der Waals surface area contributed by atoms with Crippen LogP contribution in [-0.2, 0) is 14.3 Å². The van der Waals surface area contributed by atoms with E-state index >= 15 is 0 Å². The molecule has 1 aliphatic carbocycles. The summed E-state index contributed by atoms with van der Waals surface area (Å²) in [6, 6.07) is 0. The molecule has 1 saturated carbocycles. The van der Waals surface area contributed by atoms with E-state index in [9.17, 15) is 4.79 Å². The van der Waals surface area contributed by atoms with Crippen LogP contribution >= 0.6 is 0 Å². The van der Waals surface area contributed by atoms with Gasteiger partial charge in [-0.1, -0.05) is 6.92 Å². The first-order valence-corrected chi connectivity index (χ1v) is 8.12. The van der Waals surface area contributed by atoms with Crippen molar-refractivity contribution in [2.45, 2.75) is 64.8 Å². The summed E-state index contributed by atoms with van der Waals surface area (Å²) in [4.78, 5) is 12.1. The van der Waals surface area contributed by atoms with E-state index in [0.29, 0.717) is 6.61 Å². The number of hydrogen-bond donors (Lipinski definition) is 1. The van der Waals surface area contributed by atoms with Crippen LogP contribution in [0.2, 0.25) is 0 Å². The lowest BCUT2D eigenvalue weighted by Crippen LogP contribution is -2.50. The minimum atomic E-state index is -0.553. The average molecular weight is 285 g/mol. The second-order valence-corrected chi connectivity index (χ2v) is 5.95. The molecular formula is C16H31NO3. The van der Waals surface area contributed by atoms with E-state index in [2.05, 4.69) is 12.2 Å². The summed E-state index contributed by atoms with van der Waals surface area (Å²) >= 11 is 0. The van der Waals surface area contributed by atoms with Crippen molar-refractivity contribution in [2.75, 3.05) is 26.4 Å². The Kier molecular flexibility index (Phi) is 8.15. The number of nitrogens with one attached hydrogen (secondary N) is 1.